The Morgan fingerprint density at radius 2 is 1.67 bits per heavy atom. The SMILES string of the molecule is C=C/C=C(\C=C/C)C1(O)CCNCC1.CC.CC. The highest BCUT2D eigenvalue weighted by molar-refractivity contribution is 5.32. The largest absolute Gasteiger partial charge is 0.385 e. The summed E-state index contributed by atoms with van der Waals surface area (Å²) < 4.78 is 0. The summed E-state index contributed by atoms with van der Waals surface area (Å²) in [5.74, 6) is 0. The number of nitrogens with one attached hydrogen (secondary N) is 1. The van der Waals surface area contributed by atoms with Crippen LogP contribution in [0.3, 0.4) is 0 Å². The first-order valence-corrected chi connectivity index (χ1v) is 7.12. The van der Waals surface area contributed by atoms with Crippen LogP contribution in [-0.4, -0.2) is 23.8 Å². The van der Waals surface area contributed by atoms with Crippen LogP contribution in [0.15, 0.2) is 36.5 Å². The predicted octanol–water partition coefficient (Wildman–Crippen LogP) is 3.84. The highest BCUT2D eigenvalue weighted by atomic mass is 16.3. The van der Waals surface area contributed by atoms with Crippen molar-refractivity contribution in [3.05, 3.63) is 36.5 Å². The Morgan fingerprint density at radius 1 is 1.17 bits per heavy atom. The van der Waals surface area contributed by atoms with Crippen LogP contribution in [0.2, 0.25) is 0 Å². The minimum atomic E-state index is -0.661. The maximum Gasteiger partial charge on any atom is 0.0920 e. The molecule has 0 aromatic rings. The number of hydrogen-bond donors (Lipinski definition) is 2. The number of rotatable bonds is 3. The van der Waals surface area contributed by atoms with Gasteiger partial charge in [0.05, 0.1) is 5.60 Å². The molecule has 106 valence electrons. The third kappa shape index (κ3) is 6.77. The van der Waals surface area contributed by atoms with E-state index in [0.29, 0.717) is 0 Å². The third-order valence-electron chi connectivity index (χ3n) is 2.61. The van der Waals surface area contributed by atoms with E-state index >= 15 is 0 Å². The maximum atomic E-state index is 10.4. The molecule has 0 bridgehead atoms. The number of aliphatic hydroxyl groups is 1. The molecule has 0 amide bonds. The highest BCUT2D eigenvalue weighted by Crippen LogP contribution is 2.27. The molecule has 0 radical (unpaired) electrons. The first-order valence-electron chi connectivity index (χ1n) is 7.12. The maximum absolute atomic E-state index is 10.4. The molecular formula is C16H31NO. The van der Waals surface area contributed by atoms with Crippen molar-refractivity contribution in [2.75, 3.05) is 13.1 Å². The van der Waals surface area contributed by atoms with Gasteiger partial charge in [-0.1, -0.05) is 58.6 Å². The van der Waals surface area contributed by atoms with Gasteiger partial charge in [-0.2, -0.15) is 0 Å². The molecular weight excluding hydrogens is 222 g/mol. The van der Waals surface area contributed by atoms with Gasteiger partial charge in [-0.15, -0.1) is 0 Å². The fourth-order valence-electron chi connectivity index (χ4n) is 1.80. The molecule has 2 heteroatoms. The summed E-state index contributed by atoms with van der Waals surface area (Å²) in [4.78, 5) is 0. The zero-order valence-electron chi connectivity index (χ0n) is 12.8. The summed E-state index contributed by atoms with van der Waals surface area (Å²) in [5, 5.41) is 13.6. The molecule has 1 aliphatic rings. The average molecular weight is 253 g/mol. The molecule has 0 aromatic carbocycles. The monoisotopic (exact) mass is 253 g/mol. The van der Waals surface area contributed by atoms with Gasteiger partial charge >= 0.3 is 0 Å². The summed E-state index contributed by atoms with van der Waals surface area (Å²) >= 11 is 0. The number of allylic oxidation sites excluding steroid dienone is 3. The lowest BCUT2D eigenvalue weighted by Crippen LogP contribution is -2.42. The lowest BCUT2D eigenvalue weighted by Gasteiger charge is -2.33. The summed E-state index contributed by atoms with van der Waals surface area (Å²) in [6.07, 6.45) is 9.09. The van der Waals surface area contributed by atoms with Gasteiger partial charge in [-0.3, -0.25) is 0 Å². The van der Waals surface area contributed by atoms with E-state index in [9.17, 15) is 5.11 Å². The van der Waals surface area contributed by atoms with E-state index in [4.69, 9.17) is 0 Å². The summed E-state index contributed by atoms with van der Waals surface area (Å²) in [7, 11) is 0. The van der Waals surface area contributed by atoms with Crippen LogP contribution in [0, 0.1) is 0 Å². The van der Waals surface area contributed by atoms with E-state index in [0.717, 1.165) is 31.5 Å². The van der Waals surface area contributed by atoms with E-state index in [-0.39, 0.29) is 0 Å². The second kappa shape index (κ2) is 12.6. The fraction of sp³-hybridized carbons (Fsp3) is 0.625. The molecule has 0 spiro atoms. The van der Waals surface area contributed by atoms with Crippen LogP contribution in [-0.2, 0) is 0 Å². The Hall–Kier alpha value is -0.860. The quantitative estimate of drug-likeness (QED) is 0.749. The molecule has 0 aromatic heterocycles. The van der Waals surface area contributed by atoms with Crippen LogP contribution in [0.5, 0.6) is 0 Å². The first-order chi connectivity index (χ1) is 8.73. The summed E-state index contributed by atoms with van der Waals surface area (Å²) in [5.41, 5.74) is 0.308. The molecule has 1 heterocycles. The Morgan fingerprint density at radius 3 is 2.06 bits per heavy atom. The minimum absolute atomic E-state index is 0.661. The van der Waals surface area contributed by atoms with Gasteiger partial charge in [-0.05, 0) is 38.4 Å². The Balaban J connectivity index is 0. The smallest absolute Gasteiger partial charge is 0.0920 e. The minimum Gasteiger partial charge on any atom is -0.385 e. The van der Waals surface area contributed by atoms with Crippen molar-refractivity contribution < 1.29 is 5.11 Å². The van der Waals surface area contributed by atoms with E-state index in [2.05, 4.69) is 11.9 Å². The van der Waals surface area contributed by atoms with Gasteiger partial charge in [0.2, 0.25) is 0 Å². The lowest BCUT2D eigenvalue weighted by molar-refractivity contribution is 0.0497. The topological polar surface area (TPSA) is 32.3 Å². The second-order valence-corrected chi connectivity index (χ2v) is 3.64. The van der Waals surface area contributed by atoms with Crippen molar-refractivity contribution in [3.8, 4) is 0 Å². The van der Waals surface area contributed by atoms with E-state index < -0.39 is 5.60 Å². The standard InChI is InChI=1S/C12H19NO.2C2H6/c1-3-5-11(6-4-2)12(14)7-9-13-10-8-12;2*1-2/h3-6,13-14H,1,7-10H2,2H3;2*1-2H3/b6-4-,11-5+;;. The molecule has 1 fully saturated rings. The Kier molecular flexibility index (Phi) is 13.6. The predicted molar refractivity (Wildman–Crippen MR) is 82.8 cm³/mol. The van der Waals surface area contributed by atoms with Crippen molar-refractivity contribution in [3.63, 3.8) is 0 Å². The van der Waals surface area contributed by atoms with Gasteiger partial charge < -0.3 is 10.4 Å². The molecule has 0 atom stereocenters. The molecule has 1 aliphatic heterocycles. The van der Waals surface area contributed by atoms with Gasteiger partial charge in [0.25, 0.3) is 0 Å². The van der Waals surface area contributed by atoms with Gasteiger partial charge in [-0.25, -0.2) is 0 Å². The van der Waals surface area contributed by atoms with Crippen LogP contribution < -0.4 is 5.32 Å². The first kappa shape index (κ1) is 19.5. The number of piperidine rings is 1. The van der Waals surface area contributed by atoms with E-state index in [1.165, 1.54) is 0 Å². The molecule has 1 rings (SSSR count). The molecule has 0 saturated carbocycles. The van der Waals surface area contributed by atoms with Crippen molar-refractivity contribution in [2.45, 2.75) is 53.1 Å². The van der Waals surface area contributed by atoms with Crippen molar-refractivity contribution in [1.82, 2.24) is 5.32 Å². The Labute approximate surface area is 113 Å². The fourth-order valence-corrected chi connectivity index (χ4v) is 1.80. The van der Waals surface area contributed by atoms with Crippen molar-refractivity contribution in [1.29, 1.82) is 0 Å². The van der Waals surface area contributed by atoms with Crippen molar-refractivity contribution >= 4 is 0 Å². The third-order valence-corrected chi connectivity index (χ3v) is 2.61. The van der Waals surface area contributed by atoms with Gasteiger partial charge in [0.15, 0.2) is 0 Å². The van der Waals surface area contributed by atoms with Crippen LogP contribution in [0.1, 0.15) is 47.5 Å². The molecule has 0 unspecified atom stereocenters. The van der Waals surface area contributed by atoms with Crippen molar-refractivity contribution in [2.24, 2.45) is 0 Å². The highest BCUT2D eigenvalue weighted by Gasteiger charge is 2.31. The summed E-state index contributed by atoms with van der Waals surface area (Å²) in [6.45, 7) is 15.4. The number of hydrogen-bond acceptors (Lipinski definition) is 2. The van der Waals surface area contributed by atoms with E-state index in [1.54, 1.807) is 6.08 Å². The zero-order chi connectivity index (χ0) is 14.4. The van der Waals surface area contributed by atoms with Gasteiger partial charge in [0, 0.05) is 0 Å². The molecule has 1 saturated heterocycles. The van der Waals surface area contributed by atoms with Crippen LogP contribution in [0.4, 0.5) is 0 Å². The average Bonchev–Trinajstić information content (AvgIpc) is 2.44. The van der Waals surface area contributed by atoms with Crippen LogP contribution >= 0.6 is 0 Å². The lowest BCUT2D eigenvalue weighted by atomic mass is 9.84. The Bertz CT molecular complexity index is 248. The van der Waals surface area contributed by atoms with Crippen LogP contribution in [0.25, 0.3) is 0 Å². The van der Waals surface area contributed by atoms with Gasteiger partial charge in [0.1, 0.15) is 0 Å². The molecule has 2 nitrogen and oxygen atoms in total. The molecule has 0 aliphatic carbocycles. The summed E-state index contributed by atoms with van der Waals surface area (Å²) in [6, 6.07) is 0. The molecule has 2 N–H and O–H groups in total. The normalized spacial score (nSPS) is 18.2. The van der Waals surface area contributed by atoms with E-state index in [1.807, 2.05) is 52.8 Å². The zero-order valence-corrected chi connectivity index (χ0v) is 12.8. The second-order valence-electron chi connectivity index (χ2n) is 3.64. The molecule has 18 heavy (non-hydrogen) atoms.